The highest BCUT2D eigenvalue weighted by Gasteiger charge is 2.26. The molecular formula is C13H16Cl2N2O2. The lowest BCUT2D eigenvalue weighted by Crippen LogP contribution is -2.31. The van der Waals surface area contributed by atoms with Crippen molar-refractivity contribution in [2.75, 3.05) is 13.2 Å². The van der Waals surface area contributed by atoms with Crippen LogP contribution in [0.1, 0.15) is 29.6 Å². The molecule has 2 unspecified atom stereocenters. The summed E-state index contributed by atoms with van der Waals surface area (Å²) in [5.41, 5.74) is 0.396. The minimum Gasteiger partial charge on any atom is -0.396 e. The van der Waals surface area contributed by atoms with Crippen LogP contribution in [0.25, 0.3) is 0 Å². The Balaban J connectivity index is 1.92. The Hall–Kier alpha value is -0.840. The van der Waals surface area contributed by atoms with E-state index in [1.165, 1.54) is 12.3 Å². The third-order valence-electron chi connectivity index (χ3n) is 3.63. The van der Waals surface area contributed by atoms with Crippen molar-refractivity contribution in [3.63, 3.8) is 0 Å². The van der Waals surface area contributed by atoms with Gasteiger partial charge in [-0.15, -0.1) is 0 Å². The van der Waals surface area contributed by atoms with Gasteiger partial charge in [-0.3, -0.25) is 4.79 Å². The Morgan fingerprint density at radius 2 is 2.16 bits per heavy atom. The second-order valence-electron chi connectivity index (χ2n) is 4.84. The fourth-order valence-corrected chi connectivity index (χ4v) is 2.76. The number of carbonyl (C=O) groups excluding carboxylic acids is 1. The van der Waals surface area contributed by atoms with Crippen LogP contribution in [0.15, 0.2) is 12.3 Å². The number of halogens is 2. The van der Waals surface area contributed by atoms with E-state index in [4.69, 9.17) is 23.2 Å². The molecule has 2 N–H and O–H groups in total. The molecule has 0 saturated heterocycles. The summed E-state index contributed by atoms with van der Waals surface area (Å²) in [7, 11) is 0. The molecule has 1 aromatic heterocycles. The summed E-state index contributed by atoms with van der Waals surface area (Å²) in [6, 6.07) is 1.50. The van der Waals surface area contributed by atoms with Crippen LogP contribution < -0.4 is 5.32 Å². The summed E-state index contributed by atoms with van der Waals surface area (Å²) < 4.78 is 0. The summed E-state index contributed by atoms with van der Waals surface area (Å²) in [4.78, 5) is 15.8. The smallest absolute Gasteiger partial charge is 0.252 e. The summed E-state index contributed by atoms with van der Waals surface area (Å²) in [5.74, 6) is 0.437. The predicted octanol–water partition coefficient (Wildman–Crippen LogP) is 2.53. The van der Waals surface area contributed by atoms with Crippen LogP contribution in [-0.4, -0.2) is 29.1 Å². The first-order chi connectivity index (χ1) is 9.11. The van der Waals surface area contributed by atoms with E-state index in [-0.39, 0.29) is 22.7 Å². The van der Waals surface area contributed by atoms with Gasteiger partial charge in [-0.25, -0.2) is 4.98 Å². The topological polar surface area (TPSA) is 62.2 Å². The first kappa shape index (κ1) is 14.6. The highest BCUT2D eigenvalue weighted by molar-refractivity contribution is 6.41. The lowest BCUT2D eigenvalue weighted by Gasteiger charge is -2.17. The fourth-order valence-electron chi connectivity index (χ4n) is 2.49. The number of nitrogens with one attached hydrogen (secondary N) is 1. The third kappa shape index (κ3) is 3.59. The van der Waals surface area contributed by atoms with Crippen LogP contribution in [0.5, 0.6) is 0 Å². The van der Waals surface area contributed by atoms with E-state index >= 15 is 0 Å². The van der Waals surface area contributed by atoms with Gasteiger partial charge in [-0.05, 0) is 30.7 Å². The van der Waals surface area contributed by atoms with E-state index in [1.54, 1.807) is 0 Å². The number of aliphatic hydroxyl groups excluding tert-OH is 1. The molecule has 6 heteroatoms. The number of aromatic nitrogens is 1. The molecule has 1 aliphatic carbocycles. The van der Waals surface area contributed by atoms with Crippen molar-refractivity contribution < 1.29 is 9.90 Å². The maximum Gasteiger partial charge on any atom is 0.252 e. The zero-order chi connectivity index (χ0) is 13.8. The number of amides is 1. The Morgan fingerprint density at radius 3 is 2.84 bits per heavy atom. The molecule has 1 heterocycles. The van der Waals surface area contributed by atoms with E-state index in [0.29, 0.717) is 23.9 Å². The maximum absolute atomic E-state index is 11.9. The molecule has 1 saturated carbocycles. The van der Waals surface area contributed by atoms with Gasteiger partial charge in [0, 0.05) is 19.3 Å². The first-order valence-electron chi connectivity index (χ1n) is 6.32. The molecule has 4 nitrogen and oxygen atoms in total. The molecule has 2 rings (SSSR count). The maximum atomic E-state index is 11.9. The molecule has 0 radical (unpaired) electrons. The van der Waals surface area contributed by atoms with E-state index in [9.17, 15) is 9.90 Å². The predicted molar refractivity (Wildman–Crippen MR) is 74.5 cm³/mol. The van der Waals surface area contributed by atoms with Crippen LogP contribution in [0.3, 0.4) is 0 Å². The Kier molecular flexibility index (Phi) is 5.02. The second kappa shape index (κ2) is 6.55. The fraction of sp³-hybridized carbons (Fsp3) is 0.538. The lowest BCUT2D eigenvalue weighted by atomic mass is 9.97. The highest BCUT2D eigenvalue weighted by atomic mass is 35.5. The summed E-state index contributed by atoms with van der Waals surface area (Å²) in [6.45, 7) is 0.763. The van der Waals surface area contributed by atoms with Crippen molar-refractivity contribution >= 4 is 29.1 Å². The van der Waals surface area contributed by atoms with E-state index in [1.807, 2.05) is 0 Å². The van der Waals surface area contributed by atoms with Gasteiger partial charge in [0.05, 0.1) is 10.6 Å². The number of aliphatic hydroxyl groups is 1. The van der Waals surface area contributed by atoms with E-state index in [0.717, 1.165) is 19.3 Å². The minimum absolute atomic E-state index is 0.189. The number of hydrogen-bond donors (Lipinski definition) is 2. The van der Waals surface area contributed by atoms with Gasteiger partial charge in [0.1, 0.15) is 5.15 Å². The van der Waals surface area contributed by atoms with Crippen LogP contribution in [0.4, 0.5) is 0 Å². The van der Waals surface area contributed by atoms with Gasteiger partial charge in [0.15, 0.2) is 0 Å². The molecule has 0 bridgehead atoms. The second-order valence-corrected chi connectivity index (χ2v) is 5.61. The van der Waals surface area contributed by atoms with Gasteiger partial charge in [0.25, 0.3) is 5.91 Å². The minimum atomic E-state index is -0.213. The average Bonchev–Trinajstić information content (AvgIpc) is 2.86. The number of rotatable bonds is 4. The molecular weight excluding hydrogens is 287 g/mol. The van der Waals surface area contributed by atoms with Gasteiger partial charge in [-0.1, -0.05) is 29.6 Å². The van der Waals surface area contributed by atoms with Gasteiger partial charge in [-0.2, -0.15) is 0 Å². The van der Waals surface area contributed by atoms with Crippen molar-refractivity contribution in [2.24, 2.45) is 11.8 Å². The van der Waals surface area contributed by atoms with Crippen molar-refractivity contribution in [2.45, 2.75) is 19.3 Å². The molecule has 1 fully saturated rings. The molecule has 0 aromatic carbocycles. The van der Waals surface area contributed by atoms with E-state index < -0.39 is 0 Å². The van der Waals surface area contributed by atoms with Gasteiger partial charge in [0.2, 0.25) is 0 Å². The molecule has 1 aromatic rings. The standard InChI is InChI=1S/C13H16Cl2N2O2/c14-11-4-10(6-16-12(11)15)13(19)17-5-8-2-1-3-9(8)7-18/h4,6,8-9,18H,1-3,5,7H2,(H,17,19). The average molecular weight is 303 g/mol. The largest absolute Gasteiger partial charge is 0.396 e. The zero-order valence-corrected chi connectivity index (χ0v) is 11.9. The third-order valence-corrected chi connectivity index (χ3v) is 4.32. The van der Waals surface area contributed by atoms with Crippen LogP contribution in [0, 0.1) is 11.8 Å². The van der Waals surface area contributed by atoms with Crippen molar-refractivity contribution in [1.82, 2.24) is 10.3 Å². The van der Waals surface area contributed by atoms with Crippen LogP contribution in [-0.2, 0) is 0 Å². The van der Waals surface area contributed by atoms with Crippen molar-refractivity contribution in [3.05, 3.63) is 28.0 Å². The molecule has 0 aliphatic heterocycles. The summed E-state index contributed by atoms with van der Waals surface area (Å²) in [5, 5.41) is 12.5. The number of nitrogens with zero attached hydrogens (tertiary/aromatic N) is 1. The van der Waals surface area contributed by atoms with Crippen LogP contribution in [0.2, 0.25) is 10.2 Å². The van der Waals surface area contributed by atoms with Crippen molar-refractivity contribution in [3.8, 4) is 0 Å². The number of pyridine rings is 1. The first-order valence-corrected chi connectivity index (χ1v) is 7.07. The summed E-state index contributed by atoms with van der Waals surface area (Å²) in [6.07, 6.45) is 4.60. The number of hydrogen-bond acceptors (Lipinski definition) is 3. The zero-order valence-electron chi connectivity index (χ0n) is 10.4. The molecule has 104 valence electrons. The number of carbonyl (C=O) groups is 1. The van der Waals surface area contributed by atoms with Gasteiger partial charge >= 0.3 is 0 Å². The normalized spacial score (nSPS) is 22.5. The quantitative estimate of drug-likeness (QED) is 0.840. The Morgan fingerprint density at radius 1 is 1.42 bits per heavy atom. The molecule has 1 amide bonds. The molecule has 2 atom stereocenters. The van der Waals surface area contributed by atoms with Crippen molar-refractivity contribution in [1.29, 1.82) is 0 Å². The Labute approximate surface area is 122 Å². The van der Waals surface area contributed by atoms with Gasteiger partial charge < -0.3 is 10.4 Å². The lowest BCUT2D eigenvalue weighted by molar-refractivity contribution is 0.0937. The molecule has 1 aliphatic rings. The molecule has 19 heavy (non-hydrogen) atoms. The Bertz CT molecular complexity index is 468. The monoisotopic (exact) mass is 302 g/mol. The SMILES string of the molecule is O=C(NCC1CCCC1CO)c1cnc(Cl)c(Cl)c1. The van der Waals surface area contributed by atoms with E-state index in [2.05, 4.69) is 10.3 Å². The summed E-state index contributed by atoms with van der Waals surface area (Å²) >= 11 is 11.5. The molecule has 0 spiro atoms. The van der Waals surface area contributed by atoms with Crippen LogP contribution >= 0.6 is 23.2 Å². The highest BCUT2D eigenvalue weighted by Crippen LogP contribution is 2.30.